The van der Waals surface area contributed by atoms with Gasteiger partial charge in [0, 0.05) is 7.11 Å². The molecule has 0 aromatic heterocycles. The number of ether oxygens (including phenoxy) is 6. The number of esters is 2. The second-order valence-corrected chi connectivity index (χ2v) is 3.51. The van der Waals surface area contributed by atoms with Crippen LogP contribution in [0.1, 0.15) is 0 Å². The maximum atomic E-state index is 11.3. The Morgan fingerprint density at radius 1 is 0.750 bits per heavy atom. The first-order valence-electron chi connectivity index (χ1n) is 6.09. The summed E-state index contributed by atoms with van der Waals surface area (Å²) < 4.78 is 29.1. The second kappa shape index (κ2) is 12.8. The largest absolute Gasteiger partial charge is 0.467 e. The summed E-state index contributed by atoms with van der Waals surface area (Å²) in [5.74, 6) is -1.61. The van der Waals surface area contributed by atoms with Crippen LogP contribution in [0.25, 0.3) is 0 Å². The smallest absolute Gasteiger partial charge is 0.346 e. The van der Waals surface area contributed by atoms with Crippen molar-refractivity contribution in [1.82, 2.24) is 0 Å². The van der Waals surface area contributed by atoms with Gasteiger partial charge < -0.3 is 28.4 Å². The molecule has 0 atom stereocenters. The molecule has 0 aliphatic rings. The first kappa shape index (κ1) is 18.8. The zero-order valence-corrected chi connectivity index (χ0v) is 12.1. The summed E-state index contributed by atoms with van der Waals surface area (Å²) in [5, 5.41) is 0. The van der Waals surface area contributed by atoms with Crippen LogP contribution < -0.4 is 0 Å². The minimum Gasteiger partial charge on any atom is -0.467 e. The predicted octanol–water partition coefficient (Wildman–Crippen LogP) is -0.603. The molecule has 0 rings (SSSR count). The van der Waals surface area contributed by atoms with Crippen LogP contribution in [0.4, 0.5) is 0 Å². The van der Waals surface area contributed by atoms with Gasteiger partial charge in [-0.2, -0.15) is 0 Å². The average molecular weight is 294 g/mol. The van der Waals surface area contributed by atoms with Gasteiger partial charge in [0.1, 0.15) is 0 Å². The van der Waals surface area contributed by atoms with E-state index in [9.17, 15) is 9.59 Å². The van der Waals surface area contributed by atoms with Gasteiger partial charge in [-0.05, 0) is 0 Å². The number of carbonyl (C=O) groups is 2. The summed E-state index contributed by atoms with van der Waals surface area (Å²) in [6, 6.07) is 0. The molecule has 0 saturated carbocycles. The van der Waals surface area contributed by atoms with Crippen molar-refractivity contribution in [1.29, 1.82) is 0 Å². The molecule has 20 heavy (non-hydrogen) atoms. The zero-order chi connectivity index (χ0) is 15.2. The summed E-state index contributed by atoms with van der Waals surface area (Å²) in [6.45, 7) is 2.13. The first-order valence-corrected chi connectivity index (χ1v) is 6.09. The molecular weight excluding hydrogens is 272 g/mol. The van der Waals surface area contributed by atoms with E-state index in [1.807, 2.05) is 0 Å². The Kier molecular flexibility index (Phi) is 12.0. The van der Waals surface area contributed by atoms with Gasteiger partial charge in [-0.15, -0.1) is 0 Å². The molecule has 118 valence electrons. The van der Waals surface area contributed by atoms with Crippen molar-refractivity contribution in [3.63, 3.8) is 0 Å². The lowest BCUT2D eigenvalue weighted by Crippen LogP contribution is -2.36. The van der Waals surface area contributed by atoms with E-state index in [-0.39, 0.29) is 13.2 Å². The fourth-order valence-corrected chi connectivity index (χ4v) is 1.14. The SMILES string of the molecule is COCCOCCOCCOC(C(=O)OC)C(=O)OC. The molecule has 0 fully saturated rings. The predicted molar refractivity (Wildman–Crippen MR) is 67.3 cm³/mol. The van der Waals surface area contributed by atoms with Crippen molar-refractivity contribution < 1.29 is 38.0 Å². The standard InChI is InChI=1S/C12H22O8/c1-15-4-5-18-6-7-19-8-9-20-10(11(13)16-2)12(14)17-3/h10H,4-9H2,1-3H3. The Bertz CT molecular complexity index is 252. The van der Waals surface area contributed by atoms with E-state index < -0.39 is 18.0 Å². The first-order chi connectivity index (χ1) is 9.67. The summed E-state index contributed by atoms with van der Waals surface area (Å²) in [5.41, 5.74) is 0. The molecule has 0 amide bonds. The van der Waals surface area contributed by atoms with Crippen LogP contribution in [0, 0.1) is 0 Å². The molecule has 0 aliphatic carbocycles. The molecule has 0 radical (unpaired) electrons. The van der Waals surface area contributed by atoms with Crippen LogP contribution >= 0.6 is 0 Å². The van der Waals surface area contributed by atoms with Crippen LogP contribution in [0.3, 0.4) is 0 Å². The molecule has 0 heterocycles. The minimum absolute atomic E-state index is 0.0624. The molecule has 0 aromatic rings. The van der Waals surface area contributed by atoms with Gasteiger partial charge in [0.05, 0.1) is 53.9 Å². The molecule has 8 nitrogen and oxygen atoms in total. The van der Waals surface area contributed by atoms with Crippen molar-refractivity contribution >= 4 is 11.9 Å². The van der Waals surface area contributed by atoms with Crippen LogP contribution in [0.15, 0.2) is 0 Å². The molecule has 8 heteroatoms. The van der Waals surface area contributed by atoms with Crippen LogP contribution in [-0.4, -0.2) is 79.0 Å². The fourth-order valence-electron chi connectivity index (χ4n) is 1.14. The number of hydrogen-bond acceptors (Lipinski definition) is 8. The molecule has 0 unspecified atom stereocenters. The van der Waals surface area contributed by atoms with Gasteiger partial charge in [-0.3, -0.25) is 0 Å². The Balaban J connectivity index is 3.64. The zero-order valence-electron chi connectivity index (χ0n) is 12.1. The molecule has 0 aromatic carbocycles. The van der Waals surface area contributed by atoms with E-state index in [1.165, 1.54) is 0 Å². The summed E-state index contributed by atoms with van der Waals surface area (Å²) in [4.78, 5) is 22.5. The molecule has 0 spiro atoms. The van der Waals surface area contributed by atoms with Gasteiger partial charge >= 0.3 is 11.9 Å². The van der Waals surface area contributed by atoms with E-state index in [4.69, 9.17) is 18.9 Å². The van der Waals surface area contributed by atoms with Crippen molar-refractivity contribution in [3.05, 3.63) is 0 Å². The van der Waals surface area contributed by atoms with Crippen molar-refractivity contribution in [3.8, 4) is 0 Å². The van der Waals surface area contributed by atoms with Crippen LogP contribution in [-0.2, 0) is 38.0 Å². The maximum Gasteiger partial charge on any atom is 0.346 e. The van der Waals surface area contributed by atoms with Crippen LogP contribution in [0.5, 0.6) is 0 Å². The quantitative estimate of drug-likeness (QED) is 0.268. The Morgan fingerprint density at radius 2 is 1.20 bits per heavy atom. The lowest BCUT2D eigenvalue weighted by Gasteiger charge is -2.13. The number of carbonyl (C=O) groups excluding carboxylic acids is 2. The molecule has 0 saturated heterocycles. The summed E-state index contributed by atoms with van der Waals surface area (Å²) in [6.07, 6.45) is -1.38. The van der Waals surface area contributed by atoms with Gasteiger partial charge in [-0.1, -0.05) is 0 Å². The maximum absolute atomic E-state index is 11.3. The van der Waals surface area contributed by atoms with Crippen molar-refractivity contribution in [2.75, 3.05) is 61.0 Å². The highest BCUT2D eigenvalue weighted by Gasteiger charge is 2.29. The molecular formula is C12H22O8. The van der Waals surface area contributed by atoms with Gasteiger partial charge in [0.25, 0.3) is 6.10 Å². The van der Waals surface area contributed by atoms with Crippen molar-refractivity contribution in [2.24, 2.45) is 0 Å². The summed E-state index contributed by atoms with van der Waals surface area (Å²) in [7, 11) is 3.92. The second-order valence-electron chi connectivity index (χ2n) is 3.51. The highest BCUT2D eigenvalue weighted by molar-refractivity contribution is 5.97. The highest BCUT2D eigenvalue weighted by atomic mass is 16.6. The third-order valence-electron chi connectivity index (χ3n) is 2.15. The minimum atomic E-state index is -1.38. The number of hydrogen-bond donors (Lipinski definition) is 0. The summed E-state index contributed by atoms with van der Waals surface area (Å²) >= 11 is 0. The van der Waals surface area contributed by atoms with Crippen LogP contribution in [0.2, 0.25) is 0 Å². The van der Waals surface area contributed by atoms with E-state index in [2.05, 4.69) is 9.47 Å². The average Bonchev–Trinajstić information content (AvgIpc) is 2.48. The Morgan fingerprint density at radius 3 is 1.65 bits per heavy atom. The van der Waals surface area contributed by atoms with Gasteiger partial charge in [0.15, 0.2) is 0 Å². The Labute approximate surface area is 118 Å². The van der Waals surface area contributed by atoms with E-state index >= 15 is 0 Å². The third kappa shape index (κ3) is 8.81. The third-order valence-corrected chi connectivity index (χ3v) is 2.15. The monoisotopic (exact) mass is 294 g/mol. The molecule has 0 bridgehead atoms. The van der Waals surface area contributed by atoms with E-state index in [1.54, 1.807) is 7.11 Å². The lowest BCUT2D eigenvalue weighted by molar-refractivity contribution is -0.171. The Hall–Kier alpha value is -1.22. The van der Waals surface area contributed by atoms with E-state index in [0.717, 1.165) is 14.2 Å². The fraction of sp³-hybridized carbons (Fsp3) is 0.833. The van der Waals surface area contributed by atoms with Gasteiger partial charge in [-0.25, -0.2) is 9.59 Å². The number of rotatable bonds is 12. The topological polar surface area (TPSA) is 89.5 Å². The number of methoxy groups -OCH3 is 3. The highest BCUT2D eigenvalue weighted by Crippen LogP contribution is 1.98. The van der Waals surface area contributed by atoms with Crippen molar-refractivity contribution in [2.45, 2.75) is 6.10 Å². The normalized spacial score (nSPS) is 10.6. The van der Waals surface area contributed by atoms with E-state index in [0.29, 0.717) is 26.4 Å². The van der Waals surface area contributed by atoms with Gasteiger partial charge in [0.2, 0.25) is 0 Å². The molecule has 0 aliphatic heterocycles. The lowest BCUT2D eigenvalue weighted by atomic mass is 10.3. The molecule has 0 N–H and O–H groups in total.